The average molecular weight is 409 g/mol. The molecular formula is C26H36N2O2. The molecule has 2 N–H and O–H groups in total. The molecule has 30 heavy (non-hydrogen) atoms. The first-order valence-corrected chi connectivity index (χ1v) is 11.1. The Hall–Kier alpha value is -2.59. The average Bonchev–Trinajstić information content (AvgIpc) is 3.18. The van der Waals surface area contributed by atoms with E-state index in [1.54, 1.807) is 17.0 Å². The summed E-state index contributed by atoms with van der Waals surface area (Å²) in [4.78, 5) is 15.0. The van der Waals surface area contributed by atoms with Gasteiger partial charge in [0.2, 0.25) is 0 Å². The first kappa shape index (κ1) is 23.7. The van der Waals surface area contributed by atoms with E-state index in [0.29, 0.717) is 25.2 Å². The maximum atomic E-state index is 13.2. The van der Waals surface area contributed by atoms with E-state index in [2.05, 4.69) is 43.9 Å². The number of hydrogen-bond donors (Lipinski definition) is 2. The van der Waals surface area contributed by atoms with Crippen LogP contribution in [0.1, 0.15) is 72.3 Å². The molecular weight excluding hydrogens is 372 g/mol. The van der Waals surface area contributed by atoms with E-state index >= 15 is 0 Å². The van der Waals surface area contributed by atoms with Crippen molar-refractivity contribution in [3.8, 4) is 5.75 Å². The Kier molecular flexibility index (Phi) is 8.67. The smallest absolute Gasteiger partial charge is 0.258 e. The van der Waals surface area contributed by atoms with Gasteiger partial charge >= 0.3 is 0 Å². The van der Waals surface area contributed by atoms with E-state index in [-0.39, 0.29) is 11.7 Å². The van der Waals surface area contributed by atoms with Gasteiger partial charge in [-0.3, -0.25) is 4.79 Å². The summed E-state index contributed by atoms with van der Waals surface area (Å²) in [6.45, 7) is 17.1. The Morgan fingerprint density at radius 2 is 1.80 bits per heavy atom. The molecule has 162 valence electrons. The summed E-state index contributed by atoms with van der Waals surface area (Å²) in [5.41, 5.74) is 6.80. The van der Waals surface area contributed by atoms with Gasteiger partial charge in [-0.25, -0.2) is 0 Å². The molecule has 0 bridgehead atoms. The van der Waals surface area contributed by atoms with Crippen molar-refractivity contribution in [2.75, 3.05) is 13.1 Å². The van der Waals surface area contributed by atoms with E-state index in [1.807, 2.05) is 20.8 Å². The molecule has 4 heteroatoms. The summed E-state index contributed by atoms with van der Waals surface area (Å²) in [7, 11) is 0. The number of fused-ring (bicyclic) bond motifs is 1. The molecule has 0 aromatic heterocycles. The predicted molar refractivity (Wildman–Crippen MR) is 126 cm³/mol. The standard InChI is InChI=1S/C24H30N2O2.C2H6/c1-5-9-25-13-17(4)21-12-22(23(27)10-16(21)3)24(28)26-14-19-8-7-18(6-2)11-20(19)15-26;1-2/h7-8,10-12,25,27H,4-6,9,13-15H2,1-3H3;1-2H3. The molecule has 4 nitrogen and oxygen atoms in total. The molecule has 0 radical (unpaired) electrons. The molecule has 1 amide bonds. The largest absolute Gasteiger partial charge is 0.507 e. The third kappa shape index (κ3) is 5.31. The van der Waals surface area contributed by atoms with E-state index < -0.39 is 0 Å². The van der Waals surface area contributed by atoms with Gasteiger partial charge < -0.3 is 15.3 Å². The first-order chi connectivity index (χ1) is 14.4. The van der Waals surface area contributed by atoms with Crippen molar-refractivity contribution in [1.29, 1.82) is 0 Å². The third-order valence-corrected chi connectivity index (χ3v) is 5.41. The van der Waals surface area contributed by atoms with Gasteiger partial charge in [0.25, 0.3) is 5.91 Å². The number of aromatic hydroxyl groups is 1. The number of phenolic OH excluding ortho intramolecular Hbond substituents is 1. The fourth-order valence-corrected chi connectivity index (χ4v) is 3.74. The zero-order chi connectivity index (χ0) is 22.3. The summed E-state index contributed by atoms with van der Waals surface area (Å²) in [5.74, 6) is -0.104. The summed E-state index contributed by atoms with van der Waals surface area (Å²) in [6, 6.07) is 9.89. The number of nitrogens with one attached hydrogen (secondary N) is 1. The van der Waals surface area contributed by atoms with Gasteiger partial charge in [-0.2, -0.15) is 0 Å². The molecule has 0 unspecified atom stereocenters. The van der Waals surface area contributed by atoms with Crippen LogP contribution in [-0.4, -0.2) is 29.0 Å². The number of rotatable bonds is 7. The number of hydrogen-bond acceptors (Lipinski definition) is 3. The van der Waals surface area contributed by atoms with Crippen LogP contribution in [0.5, 0.6) is 5.75 Å². The van der Waals surface area contributed by atoms with Crippen LogP contribution in [0.3, 0.4) is 0 Å². The van der Waals surface area contributed by atoms with Crippen LogP contribution >= 0.6 is 0 Å². The zero-order valence-electron chi connectivity index (χ0n) is 19.1. The monoisotopic (exact) mass is 408 g/mol. The van der Waals surface area contributed by atoms with Crippen LogP contribution in [0, 0.1) is 6.92 Å². The molecule has 1 heterocycles. The lowest BCUT2D eigenvalue weighted by atomic mass is 9.97. The van der Waals surface area contributed by atoms with Crippen LogP contribution in [-0.2, 0) is 19.5 Å². The predicted octanol–water partition coefficient (Wildman–Crippen LogP) is 5.46. The highest BCUT2D eigenvalue weighted by molar-refractivity contribution is 5.98. The molecule has 2 aromatic rings. The minimum atomic E-state index is -0.137. The highest BCUT2D eigenvalue weighted by Gasteiger charge is 2.26. The first-order valence-electron chi connectivity index (χ1n) is 11.1. The summed E-state index contributed by atoms with van der Waals surface area (Å²) in [5, 5.41) is 13.8. The molecule has 1 aliphatic rings. The Balaban J connectivity index is 0.00000155. The van der Waals surface area contributed by atoms with Gasteiger partial charge in [-0.05, 0) is 71.8 Å². The number of nitrogens with zero attached hydrogens (tertiary/aromatic N) is 1. The third-order valence-electron chi connectivity index (χ3n) is 5.41. The molecule has 3 rings (SSSR count). The van der Waals surface area contributed by atoms with Gasteiger partial charge in [0, 0.05) is 19.6 Å². The van der Waals surface area contributed by atoms with Crippen LogP contribution in [0.15, 0.2) is 36.9 Å². The molecule has 1 aliphatic heterocycles. The van der Waals surface area contributed by atoms with Gasteiger partial charge in [0.15, 0.2) is 0 Å². The van der Waals surface area contributed by atoms with E-state index in [9.17, 15) is 9.90 Å². The Bertz CT molecular complexity index is 902. The fraction of sp³-hybridized carbons (Fsp3) is 0.423. The van der Waals surface area contributed by atoms with Crippen LogP contribution in [0.2, 0.25) is 0 Å². The Morgan fingerprint density at radius 1 is 1.10 bits per heavy atom. The highest BCUT2D eigenvalue weighted by Crippen LogP contribution is 2.31. The van der Waals surface area contributed by atoms with Crippen molar-refractivity contribution in [2.24, 2.45) is 0 Å². The SMILES string of the molecule is C=C(CNCCC)c1cc(C(=O)N2Cc3ccc(CC)cc3C2)c(O)cc1C.CC. The number of aryl methyl sites for hydroxylation is 2. The van der Waals surface area contributed by atoms with Crippen molar-refractivity contribution in [1.82, 2.24) is 10.2 Å². The number of amides is 1. The topological polar surface area (TPSA) is 52.6 Å². The van der Waals surface area contributed by atoms with Crippen molar-refractivity contribution in [3.05, 3.63) is 70.3 Å². The molecule has 0 aliphatic carbocycles. The number of benzene rings is 2. The second-order valence-electron chi connectivity index (χ2n) is 7.58. The lowest BCUT2D eigenvalue weighted by molar-refractivity contribution is 0.0748. The van der Waals surface area contributed by atoms with Crippen molar-refractivity contribution in [3.63, 3.8) is 0 Å². The second-order valence-corrected chi connectivity index (χ2v) is 7.58. The maximum absolute atomic E-state index is 13.2. The lowest BCUT2D eigenvalue weighted by Crippen LogP contribution is -2.25. The molecule has 0 saturated carbocycles. The zero-order valence-corrected chi connectivity index (χ0v) is 19.1. The lowest BCUT2D eigenvalue weighted by Gasteiger charge is -2.19. The molecule has 0 atom stereocenters. The second kappa shape index (κ2) is 11.0. The van der Waals surface area contributed by atoms with Crippen molar-refractivity contribution < 1.29 is 9.90 Å². The molecule has 2 aromatic carbocycles. The summed E-state index contributed by atoms with van der Waals surface area (Å²) >= 11 is 0. The quantitative estimate of drug-likeness (QED) is 0.598. The number of carbonyl (C=O) groups excluding carboxylic acids is 1. The number of carbonyl (C=O) groups is 1. The van der Waals surface area contributed by atoms with Crippen LogP contribution in [0.4, 0.5) is 0 Å². The van der Waals surface area contributed by atoms with Crippen molar-refractivity contribution in [2.45, 2.75) is 60.5 Å². The van der Waals surface area contributed by atoms with Gasteiger partial charge in [0.1, 0.15) is 5.75 Å². The highest BCUT2D eigenvalue weighted by atomic mass is 16.3. The van der Waals surface area contributed by atoms with E-state index in [1.165, 1.54) is 16.7 Å². The minimum Gasteiger partial charge on any atom is -0.507 e. The minimum absolute atomic E-state index is 0.0331. The van der Waals surface area contributed by atoms with E-state index in [4.69, 9.17) is 0 Å². The maximum Gasteiger partial charge on any atom is 0.258 e. The Labute approximate surface area is 181 Å². The van der Waals surface area contributed by atoms with Gasteiger partial charge in [-0.1, -0.05) is 52.5 Å². The summed E-state index contributed by atoms with van der Waals surface area (Å²) < 4.78 is 0. The van der Waals surface area contributed by atoms with Crippen molar-refractivity contribution >= 4 is 11.5 Å². The fourth-order valence-electron chi connectivity index (χ4n) is 3.74. The molecule has 0 saturated heterocycles. The molecule has 0 spiro atoms. The van der Waals surface area contributed by atoms with Gasteiger partial charge in [-0.15, -0.1) is 0 Å². The van der Waals surface area contributed by atoms with Gasteiger partial charge in [0.05, 0.1) is 5.56 Å². The Morgan fingerprint density at radius 3 is 2.47 bits per heavy atom. The normalized spacial score (nSPS) is 12.2. The van der Waals surface area contributed by atoms with E-state index in [0.717, 1.165) is 36.1 Å². The molecule has 0 fully saturated rings. The number of phenols is 1. The summed E-state index contributed by atoms with van der Waals surface area (Å²) in [6.07, 6.45) is 2.04. The van der Waals surface area contributed by atoms with Crippen LogP contribution in [0.25, 0.3) is 5.57 Å². The van der Waals surface area contributed by atoms with Crippen LogP contribution < -0.4 is 5.32 Å².